The van der Waals surface area contributed by atoms with Gasteiger partial charge in [0.25, 0.3) is 11.5 Å². The van der Waals surface area contributed by atoms with Crippen molar-refractivity contribution in [1.29, 1.82) is 0 Å². The van der Waals surface area contributed by atoms with Crippen LogP contribution in [0.15, 0.2) is 59.8 Å². The van der Waals surface area contributed by atoms with Crippen molar-refractivity contribution in [3.05, 3.63) is 70.9 Å². The summed E-state index contributed by atoms with van der Waals surface area (Å²) in [6.07, 6.45) is 7.35. The van der Waals surface area contributed by atoms with Gasteiger partial charge in [-0.1, -0.05) is 24.3 Å². The number of piperidine rings is 3. The number of aromatic nitrogens is 2. The Hall–Kier alpha value is -2.99. The minimum Gasteiger partial charge on any atom is -0.348 e. The Morgan fingerprint density at radius 2 is 1.89 bits per heavy atom. The molecule has 6 nitrogen and oxygen atoms in total. The van der Waals surface area contributed by atoms with E-state index in [2.05, 4.69) is 15.2 Å². The van der Waals surface area contributed by atoms with Crippen LogP contribution in [0.4, 0.5) is 0 Å². The Balaban J connectivity index is 1.47. The maximum absolute atomic E-state index is 12.9. The molecule has 1 aromatic carbocycles. The van der Waals surface area contributed by atoms with E-state index < -0.39 is 0 Å². The van der Waals surface area contributed by atoms with E-state index in [1.165, 1.54) is 10.6 Å². The minimum atomic E-state index is -0.183. The molecule has 2 aromatic heterocycles. The van der Waals surface area contributed by atoms with Gasteiger partial charge in [-0.2, -0.15) is 0 Å². The normalized spacial score (nSPS) is 23.6. The van der Waals surface area contributed by atoms with Crippen LogP contribution in [0.5, 0.6) is 0 Å². The van der Waals surface area contributed by atoms with Gasteiger partial charge in [0.15, 0.2) is 0 Å². The zero-order chi connectivity index (χ0) is 19.1. The molecule has 0 radical (unpaired) electrons. The van der Waals surface area contributed by atoms with Crippen LogP contribution in [0.1, 0.15) is 23.2 Å². The SMILES string of the molecule is O=C(NC1CN2CCC1CC2)c1ccc(=O)n(-c2cncc3ccccc23)c1. The Morgan fingerprint density at radius 1 is 1.07 bits per heavy atom. The fraction of sp³-hybridized carbons (Fsp3) is 0.318. The molecule has 3 aliphatic rings. The lowest BCUT2D eigenvalue weighted by molar-refractivity contribution is 0.0620. The molecule has 3 saturated heterocycles. The quantitative estimate of drug-likeness (QED) is 0.763. The summed E-state index contributed by atoms with van der Waals surface area (Å²) >= 11 is 0. The maximum Gasteiger partial charge on any atom is 0.255 e. The summed E-state index contributed by atoms with van der Waals surface area (Å²) in [6.45, 7) is 3.19. The molecule has 0 aliphatic carbocycles. The van der Waals surface area contributed by atoms with Gasteiger partial charge in [0, 0.05) is 41.8 Å². The van der Waals surface area contributed by atoms with Gasteiger partial charge in [0.05, 0.1) is 17.4 Å². The van der Waals surface area contributed by atoms with Gasteiger partial charge in [0.1, 0.15) is 0 Å². The molecule has 3 aliphatic heterocycles. The smallest absolute Gasteiger partial charge is 0.255 e. The summed E-state index contributed by atoms with van der Waals surface area (Å²) in [7, 11) is 0. The molecule has 3 aromatic rings. The summed E-state index contributed by atoms with van der Waals surface area (Å²) < 4.78 is 1.51. The molecule has 2 bridgehead atoms. The highest BCUT2D eigenvalue weighted by molar-refractivity contribution is 5.94. The lowest BCUT2D eigenvalue weighted by Crippen LogP contribution is -2.57. The molecular weight excluding hydrogens is 352 g/mol. The second kappa shape index (κ2) is 6.87. The van der Waals surface area contributed by atoms with E-state index in [0.29, 0.717) is 17.2 Å². The summed E-state index contributed by atoms with van der Waals surface area (Å²) in [4.78, 5) is 32.1. The largest absolute Gasteiger partial charge is 0.348 e. The monoisotopic (exact) mass is 374 g/mol. The number of carbonyl (C=O) groups excluding carboxylic acids is 1. The van der Waals surface area contributed by atoms with Crippen molar-refractivity contribution in [2.24, 2.45) is 5.92 Å². The molecule has 0 spiro atoms. The number of hydrogen-bond donors (Lipinski definition) is 1. The number of benzene rings is 1. The van der Waals surface area contributed by atoms with Crippen molar-refractivity contribution in [3.8, 4) is 5.69 Å². The average Bonchev–Trinajstić information content (AvgIpc) is 2.74. The Bertz CT molecular complexity index is 1090. The van der Waals surface area contributed by atoms with Gasteiger partial charge >= 0.3 is 0 Å². The molecule has 142 valence electrons. The first-order valence-electron chi connectivity index (χ1n) is 9.78. The fourth-order valence-electron chi connectivity index (χ4n) is 4.48. The summed E-state index contributed by atoms with van der Waals surface area (Å²) in [5.74, 6) is 0.433. The standard InChI is InChI=1S/C22H22N4O2/c27-21-6-5-17(22(28)24-19-14-25-9-7-15(19)8-10-25)13-26(21)20-12-23-11-16-3-1-2-4-18(16)20/h1-6,11-13,15,19H,7-10,14H2,(H,24,28). The van der Waals surface area contributed by atoms with Crippen LogP contribution in [0, 0.1) is 5.92 Å². The van der Waals surface area contributed by atoms with Gasteiger partial charge in [-0.05, 0) is 37.9 Å². The summed E-state index contributed by atoms with van der Waals surface area (Å²) in [5, 5.41) is 5.07. The van der Waals surface area contributed by atoms with Crippen LogP contribution in [-0.4, -0.2) is 46.0 Å². The molecule has 1 unspecified atom stereocenters. The Labute approximate surface area is 162 Å². The van der Waals surface area contributed by atoms with Crippen LogP contribution in [-0.2, 0) is 0 Å². The molecule has 6 heteroatoms. The second-order valence-corrected chi connectivity index (χ2v) is 7.72. The van der Waals surface area contributed by atoms with Gasteiger partial charge in [0.2, 0.25) is 0 Å². The maximum atomic E-state index is 12.9. The van der Waals surface area contributed by atoms with Crippen LogP contribution in [0.2, 0.25) is 0 Å². The highest BCUT2D eigenvalue weighted by Gasteiger charge is 2.35. The molecule has 5 heterocycles. The highest BCUT2D eigenvalue weighted by Crippen LogP contribution is 2.27. The van der Waals surface area contributed by atoms with Crippen LogP contribution in [0.3, 0.4) is 0 Å². The van der Waals surface area contributed by atoms with E-state index >= 15 is 0 Å². The number of hydrogen-bond acceptors (Lipinski definition) is 4. The van der Waals surface area contributed by atoms with Crippen LogP contribution < -0.4 is 10.9 Å². The minimum absolute atomic E-state index is 0.124. The third kappa shape index (κ3) is 2.99. The molecule has 1 N–H and O–H groups in total. The average molecular weight is 374 g/mol. The first-order valence-corrected chi connectivity index (χ1v) is 9.78. The van der Waals surface area contributed by atoms with Crippen molar-refractivity contribution in [1.82, 2.24) is 19.8 Å². The number of rotatable bonds is 3. The van der Waals surface area contributed by atoms with Gasteiger partial charge < -0.3 is 10.2 Å². The van der Waals surface area contributed by atoms with Crippen molar-refractivity contribution in [2.45, 2.75) is 18.9 Å². The molecule has 0 saturated carbocycles. The van der Waals surface area contributed by atoms with Gasteiger partial charge in [-0.3, -0.25) is 19.1 Å². The first-order chi connectivity index (χ1) is 13.7. The van der Waals surface area contributed by atoms with Crippen LogP contribution in [0.25, 0.3) is 16.5 Å². The number of nitrogens with zero attached hydrogens (tertiary/aromatic N) is 3. The zero-order valence-corrected chi connectivity index (χ0v) is 15.5. The number of nitrogens with one attached hydrogen (secondary N) is 1. The second-order valence-electron chi connectivity index (χ2n) is 7.72. The van der Waals surface area contributed by atoms with Crippen molar-refractivity contribution < 1.29 is 4.79 Å². The highest BCUT2D eigenvalue weighted by atomic mass is 16.2. The predicted molar refractivity (Wildman–Crippen MR) is 108 cm³/mol. The lowest BCUT2D eigenvalue weighted by atomic mass is 9.84. The van der Waals surface area contributed by atoms with Gasteiger partial charge in [-0.25, -0.2) is 0 Å². The number of carbonyl (C=O) groups is 1. The Morgan fingerprint density at radius 3 is 2.68 bits per heavy atom. The van der Waals surface area contributed by atoms with Crippen LogP contribution >= 0.6 is 0 Å². The fourth-order valence-corrected chi connectivity index (χ4v) is 4.48. The Kier molecular flexibility index (Phi) is 4.20. The van der Waals surface area contributed by atoms with Crippen molar-refractivity contribution in [2.75, 3.05) is 19.6 Å². The number of amides is 1. The van der Waals surface area contributed by atoms with E-state index in [-0.39, 0.29) is 17.5 Å². The molecule has 6 rings (SSSR count). The van der Waals surface area contributed by atoms with E-state index in [4.69, 9.17) is 0 Å². The molecule has 28 heavy (non-hydrogen) atoms. The van der Waals surface area contributed by atoms with Gasteiger partial charge in [-0.15, -0.1) is 0 Å². The summed E-state index contributed by atoms with van der Waals surface area (Å²) in [6, 6.07) is 11.0. The topological polar surface area (TPSA) is 67.2 Å². The van der Waals surface area contributed by atoms with E-state index in [1.807, 2.05) is 24.3 Å². The summed E-state index contributed by atoms with van der Waals surface area (Å²) in [5.41, 5.74) is 0.988. The molecular formula is C22H22N4O2. The molecule has 3 fully saturated rings. The van der Waals surface area contributed by atoms with E-state index in [0.717, 1.165) is 43.2 Å². The third-order valence-electron chi connectivity index (χ3n) is 6.05. The zero-order valence-electron chi connectivity index (χ0n) is 15.5. The number of fused-ring (bicyclic) bond motifs is 4. The van der Waals surface area contributed by atoms with E-state index in [1.54, 1.807) is 24.7 Å². The molecule has 1 atom stereocenters. The van der Waals surface area contributed by atoms with E-state index in [9.17, 15) is 9.59 Å². The third-order valence-corrected chi connectivity index (χ3v) is 6.05. The molecule has 1 amide bonds. The van der Waals surface area contributed by atoms with Crippen molar-refractivity contribution in [3.63, 3.8) is 0 Å². The predicted octanol–water partition coefficient (Wildman–Crippen LogP) is 2.21. The van der Waals surface area contributed by atoms with Crippen molar-refractivity contribution >= 4 is 16.7 Å². The first kappa shape index (κ1) is 17.1. The number of pyridine rings is 2. The lowest BCUT2D eigenvalue weighted by Gasteiger charge is -2.44.